The van der Waals surface area contributed by atoms with Gasteiger partial charge in [-0.25, -0.2) is 9.69 Å². The highest BCUT2D eigenvalue weighted by Gasteiger charge is 2.38. The smallest absolute Gasteiger partial charge is 0.336 e. The Kier molecular flexibility index (Phi) is 2.84. The molecule has 1 aromatic carbocycles. The molecule has 1 aliphatic rings. The number of methoxy groups -OCH3 is 1. The van der Waals surface area contributed by atoms with E-state index in [1.165, 1.54) is 19.2 Å². The number of nitrogens with one attached hydrogen (secondary N) is 1. The van der Waals surface area contributed by atoms with Crippen LogP contribution in [0, 0.1) is 0 Å². The molecule has 0 radical (unpaired) electrons. The molecule has 0 aromatic heterocycles. The van der Waals surface area contributed by atoms with Crippen molar-refractivity contribution >= 4 is 39.5 Å². The number of hydrogen-bond donors (Lipinski definition) is 1. The summed E-state index contributed by atoms with van der Waals surface area (Å²) in [5, 5.41) is 1.91. The zero-order chi connectivity index (χ0) is 12.6. The number of hydrogen-bond acceptors (Lipinski definition) is 4. The predicted molar refractivity (Wildman–Crippen MR) is 61.7 cm³/mol. The van der Waals surface area contributed by atoms with Gasteiger partial charge in [-0.2, -0.15) is 0 Å². The van der Waals surface area contributed by atoms with Crippen LogP contribution >= 0.6 is 15.9 Å². The fourth-order valence-electron chi connectivity index (χ4n) is 1.42. The molecule has 17 heavy (non-hydrogen) atoms. The van der Waals surface area contributed by atoms with E-state index in [0.717, 1.165) is 4.90 Å². The van der Waals surface area contributed by atoms with Crippen molar-refractivity contribution in [3.63, 3.8) is 0 Å². The van der Waals surface area contributed by atoms with Gasteiger partial charge in [0.2, 0.25) is 0 Å². The maximum absolute atomic E-state index is 11.4. The van der Waals surface area contributed by atoms with Crippen LogP contribution in [-0.4, -0.2) is 25.0 Å². The molecule has 88 valence electrons. The van der Waals surface area contributed by atoms with Crippen LogP contribution in [0.25, 0.3) is 0 Å². The molecular weight excluding hydrogens is 292 g/mol. The van der Waals surface area contributed by atoms with Gasteiger partial charge in [-0.1, -0.05) is 0 Å². The minimum atomic E-state index is -0.933. The van der Waals surface area contributed by atoms with Crippen LogP contribution in [0.15, 0.2) is 22.7 Å². The van der Waals surface area contributed by atoms with Gasteiger partial charge in [-0.15, -0.1) is 0 Å². The molecule has 0 unspecified atom stereocenters. The van der Waals surface area contributed by atoms with Gasteiger partial charge in [0.25, 0.3) is 0 Å². The Labute approximate surface area is 105 Å². The largest absolute Gasteiger partial charge is 0.495 e. The van der Waals surface area contributed by atoms with E-state index in [0.29, 0.717) is 10.2 Å². The zero-order valence-electron chi connectivity index (χ0n) is 8.69. The minimum absolute atomic E-state index is 0.276. The summed E-state index contributed by atoms with van der Waals surface area (Å²) in [4.78, 5) is 34.6. The van der Waals surface area contributed by atoms with E-state index in [9.17, 15) is 14.4 Å². The van der Waals surface area contributed by atoms with E-state index in [-0.39, 0.29) is 5.69 Å². The van der Waals surface area contributed by atoms with Crippen LogP contribution in [-0.2, 0) is 9.59 Å². The molecule has 7 heteroatoms. The molecular formula is C10H7BrN2O4. The standard InChI is InChI=1S/C10H7BrN2O4/c1-17-7-4-5(2-3-6(7)11)13-9(15)8(14)12-10(13)16/h2-4H,1H3,(H,12,14,16). The average Bonchev–Trinajstić information content (AvgIpc) is 2.55. The van der Waals surface area contributed by atoms with Gasteiger partial charge < -0.3 is 4.74 Å². The molecule has 1 aromatic rings. The zero-order valence-corrected chi connectivity index (χ0v) is 10.3. The second-order valence-electron chi connectivity index (χ2n) is 3.22. The molecule has 0 saturated carbocycles. The first-order valence-corrected chi connectivity index (χ1v) is 5.37. The van der Waals surface area contributed by atoms with Crippen LogP contribution in [0.4, 0.5) is 10.5 Å². The van der Waals surface area contributed by atoms with Gasteiger partial charge in [0, 0.05) is 6.07 Å². The first kappa shape index (κ1) is 11.6. The molecule has 1 N–H and O–H groups in total. The monoisotopic (exact) mass is 298 g/mol. The Balaban J connectivity index is 2.44. The SMILES string of the molecule is COc1cc(N2C(=O)NC(=O)C2=O)ccc1Br. The summed E-state index contributed by atoms with van der Waals surface area (Å²) in [6.45, 7) is 0. The van der Waals surface area contributed by atoms with E-state index in [1.54, 1.807) is 6.07 Å². The lowest BCUT2D eigenvalue weighted by Gasteiger charge is -2.13. The molecule has 1 aliphatic heterocycles. The Morgan fingerprint density at radius 2 is 2.00 bits per heavy atom. The third-order valence-corrected chi connectivity index (χ3v) is 2.87. The number of imide groups is 2. The fourth-order valence-corrected chi connectivity index (χ4v) is 1.83. The normalized spacial score (nSPS) is 15.2. The van der Waals surface area contributed by atoms with E-state index in [2.05, 4.69) is 15.9 Å². The lowest BCUT2D eigenvalue weighted by Crippen LogP contribution is -2.30. The maximum atomic E-state index is 11.4. The minimum Gasteiger partial charge on any atom is -0.495 e. The van der Waals surface area contributed by atoms with Gasteiger partial charge in [0.15, 0.2) is 0 Å². The molecule has 1 saturated heterocycles. The summed E-state index contributed by atoms with van der Waals surface area (Å²) in [7, 11) is 1.46. The molecule has 0 spiro atoms. The number of carbonyl (C=O) groups is 3. The highest BCUT2D eigenvalue weighted by atomic mass is 79.9. The molecule has 6 nitrogen and oxygen atoms in total. The third-order valence-electron chi connectivity index (χ3n) is 2.21. The fraction of sp³-hybridized carbons (Fsp3) is 0.100. The summed E-state index contributed by atoms with van der Waals surface area (Å²) in [5.41, 5.74) is 0.276. The quantitative estimate of drug-likeness (QED) is 0.654. The number of amides is 4. The maximum Gasteiger partial charge on any atom is 0.336 e. The van der Waals surface area contributed by atoms with E-state index < -0.39 is 17.8 Å². The molecule has 0 bridgehead atoms. The summed E-state index contributed by atoms with van der Waals surface area (Å²) in [6, 6.07) is 3.88. The number of ether oxygens (including phenoxy) is 1. The lowest BCUT2D eigenvalue weighted by atomic mass is 10.3. The number of urea groups is 1. The second-order valence-corrected chi connectivity index (χ2v) is 4.07. The molecule has 4 amide bonds. The Morgan fingerprint density at radius 1 is 1.29 bits per heavy atom. The van der Waals surface area contributed by atoms with Crippen LogP contribution < -0.4 is 15.0 Å². The van der Waals surface area contributed by atoms with Gasteiger partial charge in [-0.3, -0.25) is 14.9 Å². The van der Waals surface area contributed by atoms with Crippen LogP contribution in [0.5, 0.6) is 5.75 Å². The molecule has 0 atom stereocenters. The number of nitrogens with zero attached hydrogens (tertiary/aromatic N) is 1. The summed E-state index contributed by atoms with van der Waals surface area (Å²) < 4.78 is 5.72. The van der Waals surface area contributed by atoms with Crippen molar-refractivity contribution in [1.29, 1.82) is 0 Å². The van der Waals surface area contributed by atoms with Gasteiger partial charge in [0.1, 0.15) is 5.75 Å². The topological polar surface area (TPSA) is 75.7 Å². The van der Waals surface area contributed by atoms with Crippen molar-refractivity contribution in [2.75, 3.05) is 12.0 Å². The van der Waals surface area contributed by atoms with Crippen molar-refractivity contribution in [3.8, 4) is 5.75 Å². The first-order valence-electron chi connectivity index (χ1n) is 4.57. The van der Waals surface area contributed by atoms with Gasteiger partial charge in [-0.05, 0) is 28.1 Å². The predicted octanol–water partition coefficient (Wildman–Crippen LogP) is 1.04. The van der Waals surface area contributed by atoms with E-state index in [4.69, 9.17) is 4.74 Å². The highest BCUT2D eigenvalue weighted by Crippen LogP contribution is 2.30. The van der Waals surface area contributed by atoms with Crippen LogP contribution in [0.1, 0.15) is 0 Å². The average molecular weight is 299 g/mol. The molecule has 1 heterocycles. The first-order chi connectivity index (χ1) is 8.04. The summed E-state index contributed by atoms with van der Waals surface area (Å²) >= 11 is 3.25. The van der Waals surface area contributed by atoms with Crippen LogP contribution in [0.3, 0.4) is 0 Å². The van der Waals surface area contributed by atoms with Crippen molar-refractivity contribution < 1.29 is 19.1 Å². The summed E-state index contributed by atoms with van der Waals surface area (Å²) in [6.07, 6.45) is 0. The lowest BCUT2D eigenvalue weighted by molar-refractivity contribution is -0.134. The molecule has 0 aliphatic carbocycles. The Bertz CT molecular complexity index is 529. The van der Waals surface area contributed by atoms with Crippen LogP contribution in [0.2, 0.25) is 0 Å². The van der Waals surface area contributed by atoms with Crippen molar-refractivity contribution in [2.45, 2.75) is 0 Å². The van der Waals surface area contributed by atoms with Crippen molar-refractivity contribution in [3.05, 3.63) is 22.7 Å². The highest BCUT2D eigenvalue weighted by molar-refractivity contribution is 9.10. The van der Waals surface area contributed by atoms with E-state index >= 15 is 0 Å². The Morgan fingerprint density at radius 3 is 2.53 bits per heavy atom. The number of halogens is 1. The molecule has 2 rings (SSSR count). The van der Waals surface area contributed by atoms with Gasteiger partial charge in [0.05, 0.1) is 17.3 Å². The summed E-state index contributed by atoms with van der Waals surface area (Å²) in [5.74, 6) is -1.38. The molecule has 1 fully saturated rings. The van der Waals surface area contributed by atoms with E-state index in [1.807, 2.05) is 5.32 Å². The van der Waals surface area contributed by atoms with Crippen molar-refractivity contribution in [1.82, 2.24) is 5.32 Å². The van der Waals surface area contributed by atoms with Crippen molar-refractivity contribution in [2.24, 2.45) is 0 Å². The number of anilines is 1. The number of carbonyl (C=O) groups excluding carboxylic acids is 3. The third kappa shape index (κ3) is 1.89. The number of rotatable bonds is 2. The second kappa shape index (κ2) is 4.17. The number of benzene rings is 1. The Hall–Kier alpha value is -1.89. The van der Waals surface area contributed by atoms with Gasteiger partial charge >= 0.3 is 17.8 Å².